The Morgan fingerprint density at radius 2 is 1.72 bits per heavy atom. The first-order chi connectivity index (χ1) is 14.0. The largest absolute Gasteiger partial charge is 0.487 e. The zero-order valence-electron chi connectivity index (χ0n) is 16.4. The van der Waals surface area contributed by atoms with Crippen LogP contribution in [-0.4, -0.2) is 21.1 Å². The Labute approximate surface area is 172 Å². The number of hydrogen-bond acceptors (Lipinski definition) is 4. The summed E-state index contributed by atoms with van der Waals surface area (Å²) in [6, 6.07) is 23.1. The molecule has 4 rings (SSSR count). The fraction of sp³-hybridized carbons (Fsp3) is 0.250. The van der Waals surface area contributed by atoms with Crippen LogP contribution in [0.25, 0.3) is 0 Å². The van der Waals surface area contributed by atoms with Crippen LogP contribution in [0.1, 0.15) is 28.7 Å². The van der Waals surface area contributed by atoms with Crippen LogP contribution in [0.15, 0.2) is 77.7 Å². The summed E-state index contributed by atoms with van der Waals surface area (Å²) >= 11 is 0. The van der Waals surface area contributed by atoms with Gasteiger partial charge in [-0.2, -0.15) is 8.42 Å². The molecule has 0 saturated heterocycles. The van der Waals surface area contributed by atoms with E-state index in [0.717, 1.165) is 41.7 Å². The van der Waals surface area contributed by atoms with E-state index in [0.29, 0.717) is 0 Å². The van der Waals surface area contributed by atoms with Gasteiger partial charge in [0, 0.05) is 6.42 Å². The quantitative estimate of drug-likeness (QED) is 0.556. The van der Waals surface area contributed by atoms with Crippen molar-refractivity contribution in [1.82, 2.24) is 0 Å². The van der Waals surface area contributed by atoms with Gasteiger partial charge in [-0.1, -0.05) is 66.2 Å². The predicted molar refractivity (Wildman–Crippen MR) is 113 cm³/mol. The van der Waals surface area contributed by atoms with E-state index in [1.54, 1.807) is 24.3 Å². The fourth-order valence-electron chi connectivity index (χ4n) is 3.54. The maximum Gasteiger partial charge on any atom is 0.297 e. The third-order valence-electron chi connectivity index (χ3n) is 5.15. The third kappa shape index (κ3) is 4.69. The summed E-state index contributed by atoms with van der Waals surface area (Å²) in [5.74, 6) is 0.865. The lowest BCUT2D eigenvalue weighted by Gasteiger charge is -2.27. The second-order valence-corrected chi connectivity index (χ2v) is 9.01. The van der Waals surface area contributed by atoms with E-state index in [4.69, 9.17) is 8.92 Å². The average molecular weight is 409 g/mol. The molecule has 150 valence electrons. The van der Waals surface area contributed by atoms with E-state index < -0.39 is 10.1 Å². The number of ether oxygens (including phenoxy) is 1. The van der Waals surface area contributed by atoms with Crippen LogP contribution < -0.4 is 4.74 Å². The molecule has 0 N–H and O–H groups in total. The van der Waals surface area contributed by atoms with Gasteiger partial charge >= 0.3 is 0 Å². The minimum Gasteiger partial charge on any atom is -0.487 e. The van der Waals surface area contributed by atoms with Crippen LogP contribution in [0.4, 0.5) is 0 Å². The van der Waals surface area contributed by atoms with E-state index >= 15 is 0 Å². The van der Waals surface area contributed by atoms with Crippen molar-refractivity contribution in [2.45, 2.75) is 37.2 Å². The Bertz CT molecular complexity index is 1070. The Balaban J connectivity index is 1.46. The molecule has 0 amide bonds. The Kier molecular flexibility index (Phi) is 5.69. The number of aryl methyl sites for hydroxylation is 2. The molecule has 29 heavy (non-hydrogen) atoms. The standard InChI is InChI=1S/C24H24O4S/c1-18-10-14-23(15-11-18)29(25,26)27-17-22-13-12-20-8-5-9-21(24(20)28-22)16-19-6-3-2-4-7-19/h2-11,14-15,22H,12-13,16-17H2,1H3. The zero-order valence-corrected chi connectivity index (χ0v) is 17.2. The summed E-state index contributed by atoms with van der Waals surface area (Å²) in [7, 11) is -3.79. The Morgan fingerprint density at radius 1 is 0.966 bits per heavy atom. The molecule has 3 aromatic rings. The lowest BCUT2D eigenvalue weighted by Crippen LogP contribution is -2.29. The van der Waals surface area contributed by atoms with Crippen molar-refractivity contribution in [3.63, 3.8) is 0 Å². The molecule has 0 bridgehead atoms. The zero-order chi connectivity index (χ0) is 20.3. The summed E-state index contributed by atoms with van der Waals surface area (Å²) in [5.41, 5.74) is 4.49. The molecule has 1 atom stereocenters. The molecule has 1 aliphatic heterocycles. The first-order valence-electron chi connectivity index (χ1n) is 9.79. The Hall–Kier alpha value is -2.63. The van der Waals surface area contributed by atoms with Crippen molar-refractivity contribution < 1.29 is 17.3 Å². The first-order valence-corrected chi connectivity index (χ1v) is 11.2. The van der Waals surface area contributed by atoms with E-state index in [1.165, 1.54) is 5.56 Å². The highest BCUT2D eigenvalue weighted by molar-refractivity contribution is 7.86. The highest BCUT2D eigenvalue weighted by Gasteiger charge is 2.25. The molecule has 0 radical (unpaired) electrons. The summed E-state index contributed by atoms with van der Waals surface area (Å²) in [6.07, 6.45) is 2.06. The molecule has 0 saturated carbocycles. The van der Waals surface area contributed by atoms with Gasteiger partial charge in [-0.25, -0.2) is 0 Å². The van der Waals surface area contributed by atoms with Crippen LogP contribution in [0.5, 0.6) is 5.75 Å². The molecule has 0 spiro atoms. The Morgan fingerprint density at radius 3 is 2.48 bits per heavy atom. The topological polar surface area (TPSA) is 52.6 Å². The van der Waals surface area contributed by atoms with Gasteiger partial charge in [0.05, 0.1) is 4.90 Å². The minimum absolute atomic E-state index is 0.00925. The second kappa shape index (κ2) is 8.39. The SMILES string of the molecule is Cc1ccc(S(=O)(=O)OCC2CCc3cccc(Cc4ccccc4)c3O2)cc1. The van der Waals surface area contributed by atoms with Crippen molar-refractivity contribution in [2.24, 2.45) is 0 Å². The minimum atomic E-state index is -3.79. The first kappa shape index (κ1) is 19.7. The van der Waals surface area contributed by atoms with Crippen molar-refractivity contribution in [3.05, 3.63) is 95.1 Å². The van der Waals surface area contributed by atoms with Gasteiger partial charge < -0.3 is 4.74 Å². The van der Waals surface area contributed by atoms with Gasteiger partial charge in [-0.05, 0) is 48.6 Å². The molecular formula is C24H24O4S. The van der Waals surface area contributed by atoms with E-state index in [1.807, 2.05) is 25.1 Å². The van der Waals surface area contributed by atoms with Crippen LogP contribution in [0, 0.1) is 6.92 Å². The summed E-state index contributed by atoms with van der Waals surface area (Å²) in [5, 5.41) is 0. The van der Waals surface area contributed by atoms with Crippen molar-refractivity contribution in [3.8, 4) is 5.75 Å². The molecule has 4 nitrogen and oxygen atoms in total. The average Bonchev–Trinajstić information content (AvgIpc) is 2.74. The molecule has 0 fully saturated rings. The van der Waals surface area contributed by atoms with Crippen molar-refractivity contribution >= 4 is 10.1 Å². The fourth-order valence-corrected chi connectivity index (χ4v) is 4.48. The van der Waals surface area contributed by atoms with Gasteiger partial charge in [0.2, 0.25) is 0 Å². The highest BCUT2D eigenvalue weighted by atomic mass is 32.2. The number of rotatable bonds is 6. The molecule has 0 aromatic heterocycles. The number of benzene rings is 3. The van der Waals surface area contributed by atoms with Gasteiger partial charge in [0.15, 0.2) is 0 Å². The van der Waals surface area contributed by atoms with Gasteiger partial charge in [-0.15, -0.1) is 0 Å². The second-order valence-electron chi connectivity index (χ2n) is 7.40. The predicted octanol–water partition coefficient (Wildman–Crippen LogP) is 4.68. The molecular weight excluding hydrogens is 384 g/mol. The van der Waals surface area contributed by atoms with Crippen molar-refractivity contribution in [2.75, 3.05) is 6.61 Å². The molecule has 0 aliphatic carbocycles. The van der Waals surface area contributed by atoms with Gasteiger partial charge in [0.1, 0.15) is 18.5 Å². The lowest BCUT2D eigenvalue weighted by molar-refractivity contribution is 0.111. The molecule has 3 aromatic carbocycles. The smallest absolute Gasteiger partial charge is 0.297 e. The third-order valence-corrected chi connectivity index (χ3v) is 6.45. The van der Waals surface area contributed by atoms with Crippen LogP contribution in [0.2, 0.25) is 0 Å². The molecule has 5 heteroatoms. The number of para-hydroxylation sites is 1. The number of hydrogen-bond donors (Lipinski definition) is 0. The maximum atomic E-state index is 12.5. The number of fused-ring (bicyclic) bond motifs is 1. The molecule has 1 unspecified atom stereocenters. The summed E-state index contributed by atoms with van der Waals surface area (Å²) in [4.78, 5) is 0.170. The molecule has 1 aliphatic rings. The molecule has 1 heterocycles. The van der Waals surface area contributed by atoms with E-state index in [2.05, 4.69) is 30.3 Å². The van der Waals surface area contributed by atoms with E-state index in [9.17, 15) is 8.42 Å². The van der Waals surface area contributed by atoms with E-state index in [-0.39, 0.29) is 17.6 Å². The monoisotopic (exact) mass is 408 g/mol. The van der Waals surface area contributed by atoms with Crippen LogP contribution in [0.3, 0.4) is 0 Å². The normalized spacial score (nSPS) is 16.1. The highest BCUT2D eigenvalue weighted by Crippen LogP contribution is 2.33. The summed E-state index contributed by atoms with van der Waals surface area (Å²) in [6.45, 7) is 1.92. The van der Waals surface area contributed by atoms with Crippen LogP contribution in [-0.2, 0) is 27.1 Å². The van der Waals surface area contributed by atoms with Gasteiger partial charge in [-0.3, -0.25) is 4.18 Å². The lowest BCUT2D eigenvalue weighted by atomic mass is 9.96. The van der Waals surface area contributed by atoms with Crippen LogP contribution >= 0.6 is 0 Å². The van der Waals surface area contributed by atoms with Crippen molar-refractivity contribution in [1.29, 1.82) is 0 Å². The van der Waals surface area contributed by atoms with Gasteiger partial charge in [0.25, 0.3) is 10.1 Å². The summed E-state index contributed by atoms with van der Waals surface area (Å²) < 4.78 is 36.4. The maximum absolute atomic E-state index is 12.5.